The first-order valence-electron chi connectivity index (χ1n) is 18.9. The van der Waals surface area contributed by atoms with E-state index >= 15 is 0 Å². The summed E-state index contributed by atoms with van der Waals surface area (Å²) in [7, 11) is 0. The molecule has 0 atom stereocenters. The lowest BCUT2D eigenvalue weighted by Crippen LogP contribution is -2.15. The molecule has 0 aromatic rings. The van der Waals surface area contributed by atoms with E-state index in [4.69, 9.17) is 61.6 Å². The van der Waals surface area contributed by atoms with Gasteiger partial charge in [-0.15, -0.1) is 0 Å². The van der Waals surface area contributed by atoms with Gasteiger partial charge < -0.3 is 61.6 Å². The quantitative estimate of drug-likeness (QED) is 0.0662. The zero-order valence-electron chi connectivity index (χ0n) is 31.5. The summed E-state index contributed by atoms with van der Waals surface area (Å²) in [4.78, 5) is 11.6. The lowest BCUT2D eigenvalue weighted by atomic mass is 10.1. The highest BCUT2D eigenvalue weighted by Crippen LogP contribution is 2.05. The zero-order valence-corrected chi connectivity index (χ0v) is 31.5. The SMILES string of the molecule is CCCCCCCC(=O)OCCOCCOCCOCCOCCOCCOCCOCCOCCOCCOCCOCCOCCCC. The molecule has 0 amide bonds. The van der Waals surface area contributed by atoms with Crippen molar-refractivity contribution in [3.63, 3.8) is 0 Å². The van der Waals surface area contributed by atoms with Gasteiger partial charge in [-0.05, 0) is 12.8 Å². The summed E-state index contributed by atoms with van der Waals surface area (Å²) in [5.41, 5.74) is 0. The summed E-state index contributed by atoms with van der Waals surface area (Å²) in [6.07, 6.45) is 8.31. The molecular weight excluding hydrogens is 656 g/mol. The van der Waals surface area contributed by atoms with E-state index in [1.54, 1.807) is 0 Å². The third kappa shape index (κ3) is 45.0. The van der Waals surface area contributed by atoms with Gasteiger partial charge in [0.15, 0.2) is 0 Å². The smallest absolute Gasteiger partial charge is 0.305 e. The fourth-order valence-electron chi connectivity index (χ4n) is 3.93. The summed E-state index contributed by atoms with van der Waals surface area (Å²) in [6, 6.07) is 0. The first-order chi connectivity index (χ1) is 24.8. The van der Waals surface area contributed by atoms with Crippen molar-refractivity contribution >= 4 is 5.97 Å². The normalized spacial score (nSPS) is 11.5. The van der Waals surface area contributed by atoms with Gasteiger partial charge in [-0.25, -0.2) is 0 Å². The van der Waals surface area contributed by atoms with E-state index in [0.29, 0.717) is 158 Å². The van der Waals surface area contributed by atoms with Crippen LogP contribution in [0.3, 0.4) is 0 Å². The number of unbranched alkanes of at least 4 members (excludes halogenated alkanes) is 5. The van der Waals surface area contributed by atoms with Crippen LogP contribution in [0.2, 0.25) is 0 Å². The zero-order chi connectivity index (χ0) is 36.1. The molecule has 0 aliphatic carbocycles. The Labute approximate surface area is 302 Å². The van der Waals surface area contributed by atoms with Crippen LogP contribution >= 0.6 is 0 Å². The molecule has 0 N–H and O–H groups in total. The highest BCUT2D eigenvalue weighted by molar-refractivity contribution is 5.69. The largest absolute Gasteiger partial charge is 0.463 e. The van der Waals surface area contributed by atoms with Crippen molar-refractivity contribution < 1.29 is 66.4 Å². The number of carbonyl (C=O) groups excluding carboxylic acids is 1. The Morgan fingerprint density at radius 2 is 0.520 bits per heavy atom. The minimum atomic E-state index is -0.147. The topological polar surface area (TPSA) is 137 Å². The molecule has 0 unspecified atom stereocenters. The van der Waals surface area contributed by atoms with E-state index in [-0.39, 0.29) is 12.6 Å². The number of esters is 1. The standard InChI is InChI=1S/C36H72O14/c1-3-5-7-8-9-10-36(37)50-35-34-49-33-32-48-31-30-47-29-28-46-27-26-45-25-24-44-23-22-43-21-20-42-19-18-41-17-16-40-15-14-39-13-12-38-11-6-4-2/h3-35H2,1-2H3. The molecule has 0 rings (SSSR count). The van der Waals surface area contributed by atoms with Crippen LogP contribution in [0.4, 0.5) is 0 Å². The fraction of sp³-hybridized carbons (Fsp3) is 0.972. The van der Waals surface area contributed by atoms with Gasteiger partial charge in [-0.3, -0.25) is 4.79 Å². The molecule has 0 heterocycles. The van der Waals surface area contributed by atoms with E-state index in [2.05, 4.69) is 13.8 Å². The minimum Gasteiger partial charge on any atom is -0.463 e. The van der Waals surface area contributed by atoms with Gasteiger partial charge in [-0.1, -0.05) is 46.0 Å². The molecule has 50 heavy (non-hydrogen) atoms. The molecule has 0 aromatic carbocycles. The average Bonchev–Trinajstić information content (AvgIpc) is 3.12. The molecule has 14 heteroatoms. The van der Waals surface area contributed by atoms with Crippen molar-refractivity contribution in [1.29, 1.82) is 0 Å². The second-order valence-corrected chi connectivity index (χ2v) is 11.1. The molecule has 0 fully saturated rings. The average molecular weight is 729 g/mol. The maximum atomic E-state index is 11.6. The van der Waals surface area contributed by atoms with Gasteiger partial charge >= 0.3 is 5.97 Å². The maximum absolute atomic E-state index is 11.6. The second kappa shape index (κ2) is 46.0. The lowest BCUT2D eigenvalue weighted by Gasteiger charge is -2.09. The molecule has 0 saturated heterocycles. The van der Waals surface area contributed by atoms with E-state index < -0.39 is 0 Å². The third-order valence-corrected chi connectivity index (χ3v) is 6.71. The summed E-state index contributed by atoms with van der Waals surface area (Å²) < 4.78 is 70.7. The predicted octanol–water partition coefficient (Wildman–Crippen LogP) is 3.89. The molecule has 0 radical (unpaired) electrons. The Hall–Kier alpha value is -1.01. The number of hydrogen-bond donors (Lipinski definition) is 0. The van der Waals surface area contributed by atoms with Crippen molar-refractivity contribution in [1.82, 2.24) is 0 Å². The van der Waals surface area contributed by atoms with E-state index in [1.165, 1.54) is 19.3 Å². The van der Waals surface area contributed by atoms with Crippen molar-refractivity contribution in [2.75, 3.05) is 165 Å². The Morgan fingerprint density at radius 3 is 0.800 bits per heavy atom. The molecule has 300 valence electrons. The number of carbonyl (C=O) groups is 1. The molecule has 0 bridgehead atoms. The molecule has 14 nitrogen and oxygen atoms in total. The van der Waals surface area contributed by atoms with Gasteiger partial charge in [0, 0.05) is 13.0 Å². The highest BCUT2D eigenvalue weighted by atomic mass is 16.6. The van der Waals surface area contributed by atoms with Crippen LogP contribution in [0.5, 0.6) is 0 Å². The van der Waals surface area contributed by atoms with Gasteiger partial charge in [0.25, 0.3) is 0 Å². The first kappa shape index (κ1) is 49.0. The van der Waals surface area contributed by atoms with Crippen molar-refractivity contribution in [3.8, 4) is 0 Å². The Morgan fingerprint density at radius 1 is 0.280 bits per heavy atom. The Balaban J connectivity index is 3.08. The number of hydrogen-bond acceptors (Lipinski definition) is 14. The van der Waals surface area contributed by atoms with Crippen LogP contribution in [0.1, 0.15) is 65.2 Å². The van der Waals surface area contributed by atoms with Crippen molar-refractivity contribution in [2.24, 2.45) is 0 Å². The molecule has 0 spiro atoms. The summed E-state index contributed by atoms with van der Waals surface area (Å²) in [5, 5.41) is 0. The van der Waals surface area contributed by atoms with Gasteiger partial charge in [0.2, 0.25) is 0 Å². The van der Waals surface area contributed by atoms with Crippen LogP contribution in [0, 0.1) is 0 Å². The second-order valence-electron chi connectivity index (χ2n) is 11.1. The van der Waals surface area contributed by atoms with Crippen LogP contribution in [0.25, 0.3) is 0 Å². The molecule has 0 aromatic heterocycles. The van der Waals surface area contributed by atoms with Crippen LogP contribution < -0.4 is 0 Å². The monoisotopic (exact) mass is 728 g/mol. The summed E-state index contributed by atoms with van der Waals surface area (Å²) in [6.45, 7) is 17.2. The van der Waals surface area contributed by atoms with Crippen molar-refractivity contribution in [2.45, 2.75) is 65.2 Å². The van der Waals surface area contributed by atoms with E-state index in [1.807, 2.05) is 0 Å². The molecule has 0 aliphatic rings. The lowest BCUT2D eigenvalue weighted by molar-refractivity contribution is -0.145. The van der Waals surface area contributed by atoms with E-state index in [9.17, 15) is 4.79 Å². The van der Waals surface area contributed by atoms with Gasteiger partial charge in [0.05, 0.1) is 152 Å². The summed E-state index contributed by atoms with van der Waals surface area (Å²) in [5.74, 6) is -0.147. The van der Waals surface area contributed by atoms with Crippen LogP contribution in [0.15, 0.2) is 0 Å². The number of ether oxygens (including phenoxy) is 13. The van der Waals surface area contributed by atoms with Crippen LogP contribution in [-0.2, 0) is 66.4 Å². The van der Waals surface area contributed by atoms with Crippen molar-refractivity contribution in [3.05, 3.63) is 0 Å². The maximum Gasteiger partial charge on any atom is 0.305 e. The predicted molar refractivity (Wildman–Crippen MR) is 189 cm³/mol. The fourth-order valence-corrected chi connectivity index (χ4v) is 3.93. The third-order valence-electron chi connectivity index (χ3n) is 6.71. The molecule has 0 saturated carbocycles. The van der Waals surface area contributed by atoms with Gasteiger partial charge in [-0.2, -0.15) is 0 Å². The number of rotatable bonds is 45. The summed E-state index contributed by atoms with van der Waals surface area (Å²) >= 11 is 0. The minimum absolute atomic E-state index is 0.147. The Kier molecular flexibility index (Phi) is 45.1. The van der Waals surface area contributed by atoms with Gasteiger partial charge in [0.1, 0.15) is 6.61 Å². The Bertz CT molecular complexity index is 632. The highest BCUT2D eigenvalue weighted by Gasteiger charge is 2.02. The first-order valence-corrected chi connectivity index (χ1v) is 18.9. The molecule has 0 aliphatic heterocycles. The molecular formula is C36H72O14. The van der Waals surface area contributed by atoms with Crippen LogP contribution in [-0.4, -0.2) is 171 Å². The van der Waals surface area contributed by atoms with E-state index in [0.717, 1.165) is 32.3 Å².